The maximum atomic E-state index is 10.9. The summed E-state index contributed by atoms with van der Waals surface area (Å²) < 4.78 is 5.45. The highest BCUT2D eigenvalue weighted by Crippen LogP contribution is 2.34. The predicted molar refractivity (Wildman–Crippen MR) is 74.8 cm³/mol. The van der Waals surface area contributed by atoms with E-state index in [1.54, 1.807) is 0 Å². The predicted octanol–water partition coefficient (Wildman–Crippen LogP) is 2.05. The van der Waals surface area contributed by atoms with Gasteiger partial charge in [0.25, 0.3) is 0 Å². The Kier molecular flexibility index (Phi) is 3.87. The molecule has 0 radical (unpaired) electrons. The van der Waals surface area contributed by atoms with E-state index >= 15 is 0 Å². The number of hydrogen-bond acceptors (Lipinski definition) is 3. The SMILES string of the molecule is OC1(C2CCOC2)CCCN(Cc2ccccc2)C1. The number of likely N-dealkylation sites (tertiary alicyclic amines) is 1. The average Bonchev–Trinajstić information content (AvgIpc) is 2.95. The molecule has 2 aliphatic rings. The van der Waals surface area contributed by atoms with Crippen LogP contribution in [-0.4, -0.2) is 41.9 Å². The van der Waals surface area contributed by atoms with Crippen LogP contribution in [0.3, 0.4) is 0 Å². The van der Waals surface area contributed by atoms with Gasteiger partial charge in [0, 0.05) is 25.6 Å². The summed E-state index contributed by atoms with van der Waals surface area (Å²) in [7, 11) is 0. The molecular formula is C16H23NO2. The average molecular weight is 261 g/mol. The summed E-state index contributed by atoms with van der Waals surface area (Å²) in [6.07, 6.45) is 3.02. The summed E-state index contributed by atoms with van der Waals surface area (Å²) in [6.45, 7) is 4.36. The van der Waals surface area contributed by atoms with Gasteiger partial charge >= 0.3 is 0 Å². The van der Waals surface area contributed by atoms with E-state index in [4.69, 9.17) is 4.74 Å². The molecule has 3 heteroatoms. The summed E-state index contributed by atoms with van der Waals surface area (Å²) >= 11 is 0. The van der Waals surface area contributed by atoms with E-state index in [0.717, 1.165) is 52.1 Å². The lowest BCUT2D eigenvalue weighted by molar-refractivity contribution is -0.0774. The van der Waals surface area contributed by atoms with Crippen LogP contribution in [0.25, 0.3) is 0 Å². The first-order valence-electron chi connectivity index (χ1n) is 7.33. The molecule has 1 N–H and O–H groups in total. The Balaban J connectivity index is 1.64. The summed E-state index contributed by atoms with van der Waals surface area (Å²) in [5.74, 6) is 0.325. The standard InChI is InChI=1S/C16H23NO2/c18-16(15-7-10-19-12-15)8-4-9-17(13-16)11-14-5-2-1-3-6-14/h1-3,5-6,15,18H,4,7-13H2. The second kappa shape index (κ2) is 5.61. The third kappa shape index (κ3) is 2.99. The maximum Gasteiger partial charge on any atom is 0.0825 e. The minimum absolute atomic E-state index is 0.325. The van der Waals surface area contributed by atoms with Gasteiger partial charge in [0.2, 0.25) is 0 Å². The Hall–Kier alpha value is -0.900. The monoisotopic (exact) mass is 261 g/mol. The number of benzene rings is 1. The first-order chi connectivity index (χ1) is 9.26. The smallest absolute Gasteiger partial charge is 0.0825 e. The first kappa shape index (κ1) is 13.1. The van der Waals surface area contributed by atoms with Gasteiger partial charge in [-0.1, -0.05) is 30.3 Å². The molecular weight excluding hydrogens is 238 g/mol. The molecule has 2 fully saturated rings. The van der Waals surface area contributed by atoms with Crippen LogP contribution < -0.4 is 0 Å². The minimum atomic E-state index is -0.538. The molecule has 2 heterocycles. The molecule has 2 atom stereocenters. The Morgan fingerprint density at radius 2 is 2.16 bits per heavy atom. The molecule has 3 rings (SSSR count). The van der Waals surface area contributed by atoms with Gasteiger partial charge in [0.1, 0.15) is 0 Å². The van der Waals surface area contributed by atoms with Crippen LogP contribution >= 0.6 is 0 Å². The van der Waals surface area contributed by atoms with Crippen LogP contribution in [0.15, 0.2) is 30.3 Å². The minimum Gasteiger partial charge on any atom is -0.388 e. The fourth-order valence-electron chi connectivity index (χ4n) is 3.42. The van der Waals surface area contributed by atoms with Crippen LogP contribution in [-0.2, 0) is 11.3 Å². The molecule has 1 aromatic rings. The fourth-order valence-corrected chi connectivity index (χ4v) is 3.42. The third-order valence-corrected chi connectivity index (χ3v) is 4.52. The maximum absolute atomic E-state index is 10.9. The fraction of sp³-hybridized carbons (Fsp3) is 0.625. The Morgan fingerprint density at radius 3 is 2.89 bits per heavy atom. The van der Waals surface area contributed by atoms with E-state index in [1.807, 2.05) is 6.07 Å². The normalized spacial score (nSPS) is 32.6. The molecule has 0 bridgehead atoms. The molecule has 0 amide bonds. The number of rotatable bonds is 3. The van der Waals surface area contributed by atoms with Crippen molar-refractivity contribution >= 4 is 0 Å². The van der Waals surface area contributed by atoms with Crippen molar-refractivity contribution < 1.29 is 9.84 Å². The summed E-state index contributed by atoms with van der Waals surface area (Å²) in [6, 6.07) is 10.5. The molecule has 2 saturated heterocycles. The van der Waals surface area contributed by atoms with E-state index in [2.05, 4.69) is 29.2 Å². The number of nitrogens with zero attached hydrogens (tertiary/aromatic N) is 1. The Labute approximate surface area is 115 Å². The first-order valence-corrected chi connectivity index (χ1v) is 7.33. The van der Waals surface area contributed by atoms with Crippen molar-refractivity contribution in [2.24, 2.45) is 5.92 Å². The van der Waals surface area contributed by atoms with Crippen LogP contribution in [0.4, 0.5) is 0 Å². The molecule has 3 nitrogen and oxygen atoms in total. The lowest BCUT2D eigenvalue weighted by Gasteiger charge is -2.42. The Morgan fingerprint density at radius 1 is 1.32 bits per heavy atom. The molecule has 1 aromatic carbocycles. The lowest BCUT2D eigenvalue weighted by Crippen LogP contribution is -2.52. The highest BCUT2D eigenvalue weighted by Gasteiger charge is 2.41. The second-order valence-corrected chi connectivity index (χ2v) is 5.96. The molecule has 104 valence electrons. The highest BCUT2D eigenvalue weighted by atomic mass is 16.5. The summed E-state index contributed by atoms with van der Waals surface area (Å²) in [5, 5.41) is 10.9. The molecule has 0 aliphatic carbocycles. The Bertz CT molecular complexity index is 402. The van der Waals surface area contributed by atoms with Gasteiger partial charge < -0.3 is 9.84 Å². The largest absolute Gasteiger partial charge is 0.388 e. The zero-order valence-electron chi connectivity index (χ0n) is 11.4. The second-order valence-electron chi connectivity index (χ2n) is 5.96. The van der Waals surface area contributed by atoms with Gasteiger partial charge in [-0.05, 0) is 31.4 Å². The number of ether oxygens (including phenoxy) is 1. The van der Waals surface area contributed by atoms with E-state index in [1.165, 1.54) is 5.56 Å². The van der Waals surface area contributed by atoms with E-state index < -0.39 is 5.60 Å². The van der Waals surface area contributed by atoms with Crippen molar-refractivity contribution in [3.8, 4) is 0 Å². The van der Waals surface area contributed by atoms with Crippen molar-refractivity contribution in [3.05, 3.63) is 35.9 Å². The van der Waals surface area contributed by atoms with Crippen LogP contribution in [0, 0.1) is 5.92 Å². The highest BCUT2D eigenvalue weighted by molar-refractivity contribution is 5.14. The van der Waals surface area contributed by atoms with E-state index in [9.17, 15) is 5.11 Å². The van der Waals surface area contributed by atoms with Crippen LogP contribution in [0.1, 0.15) is 24.8 Å². The molecule has 2 unspecified atom stereocenters. The van der Waals surface area contributed by atoms with E-state index in [0.29, 0.717) is 5.92 Å². The number of aliphatic hydroxyl groups is 1. The zero-order chi connectivity index (χ0) is 13.1. The van der Waals surface area contributed by atoms with Crippen molar-refractivity contribution in [1.29, 1.82) is 0 Å². The van der Waals surface area contributed by atoms with Crippen molar-refractivity contribution in [1.82, 2.24) is 4.90 Å². The van der Waals surface area contributed by atoms with Crippen molar-refractivity contribution in [2.75, 3.05) is 26.3 Å². The van der Waals surface area contributed by atoms with Crippen LogP contribution in [0.2, 0.25) is 0 Å². The van der Waals surface area contributed by atoms with Crippen molar-refractivity contribution in [2.45, 2.75) is 31.4 Å². The van der Waals surface area contributed by atoms with E-state index in [-0.39, 0.29) is 0 Å². The molecule has 0 spiro atoms. The topological polar surface area (TPSA) is 32.7 Å². The van der Waals surface area contributed by atoms with Gasteiger partial charge in [-0.15, -0.1) is 0 Å². The summed E-state index contributed by atoms with van der Waals surface area (Å²) in [4.78, 5) is 2.39. The number of hydrogen-bond donors (Lipinski definition) is 1. The van der Waals surface area contributed by atoms with Crippen molar-refractivity contribution in [3.63, 3.8) is 0 Å². The van der Waals surface area contributed by atoms with Crippen LogP contribution in [0.5, 0.6) is 0 Å². The molecule has 0 aromatic heterocycles. The van der Waals surface area contributed by atoms with Gasteiger partial charge in [-0.2, -0.15) is 0 Å². The quantitative estimate of drug-likeness (QED) is 0.904. The van der Waals surface area contributed by atoms with Gasteiger partial charge in [-0.25, -0.2) is 0 Å². The summed E-state index contributed by atoms with van der Waals surface area (Å²) in [5.41, 5.74) is 0.790. The zero-order valence-corrected chi connectivity index (χ0v) is 11.4. The lowest BCUT2D eigenvalue weighted by atomic mass is 9.80. The van der Waals surface area contributed by atoms with Gasteiger partial charge in [0.05, 0.1) is 12.2 Å². The van der Waals surface area contributed by atoms with Gasteiger partial charge in [-0.3, -0.25) is 4.90 Å². The third-order valence-electron chi connectivity index (χ3n) is 4.52. The molecule has 0 saturated carbocycles. The molecule has 19 heavy (non-hydrogen) atoms. The number of β-amino-alcohol motifs (C(OH)–C–C–N with tert-alkyl or cyclic N) is 1. The van der Waals surface area contributed by atoms with Gasteiger partial charge in [0.15, 0.2) is 0 Å². The molecule has 2 aliphatic heterocycles. The number of piperidine rings is 1.